The van der Waals surface area contributed by atoms with Gasteiger partial charge >= 0.3 is 6.18 Å². The molecule has 23 heavy (non-hydrogen) atoms. The van der Waals surface area contributed by atoms with E-state index in [1.807, 2.05) is 0 Å². The van der Waals surface area contributed by atoms with Crippen molar-refractivity contribution in [2.24, 2.45) is 0 Å². The molecule has 0 saturated heterocycles. The molecular formula is C14H12ClF3N2O3. The topological polar surface area (TPSA) is 75.4 Å². The van der Waals surface area contributed by atoms with Crippen LogP contribution in [0.15, 0.2) is 34.9 Å². The molecule has 2 aromatic heterocycles. The lowest BCUT2D eigenvalue weighted by atomic mass is 10.0. The lowest BCUT2D eigenvalue weighted by Crippen LogP contribution is -2.38. The molecule has 0 saturated carbocycles. The number of carbonyl (C=O) groups is 1. The predicted octanol–water partition coefficient (Wildman–Crippen LogP) is 2.98. The molecule has 2 N–H and O–H groups in total. The first-order valence-electron chi connectivity index (χ1n) is 6.39. The Morgan fingerprint density at radius 2 is 2.13 bits per heavy atom. The highest BCUT2D eigenvalue weighted by molar-refractivity contribution is 6.29. The molecule has 0 spiro atoms. The van der Waals surface area contributed by atoms with Crippen LogP contribution in [-0.4, -0.2) is 22.5 Å². The molecule has 2 rings (SSSR count). The minimum atomic E-state index is -4.65. The third-order valence-electron chi connectivity index (χ3n) is 3.00. The summed E-state index contributed by atoms with van der Waals surface area (Å²) in [6.07, 6.45) is -3.30. The summed E-state index contributed by atoms with van der Waals surface area (Å²) in [6, 6.07) is 4.27. The molecule has 0 unspecified atom stereocenters. The third kappa shape index (κ3) is 4.23. The number of carbonyl (C=O) groups excluding carboxylic acids is 1. The van der Waals surface area contributed by atoms with Crippen LogP contribution < -0.4 is 5.32 Å². The van der Waals surface area contributed by atoms with E-state index in [0.717, 1.165) is 0 Å². The van der Waals surface area contributed by atoms with E-state index in [2.05, 4.69) is 10.3 Å². The summed E-state index contributed by atoms with van der Waals surface area (Å²) < 4.78 is 43.1. The number of pyridine rings is 1. The van der Waals surface area contributed by atoms with Crippen molar-refractivity contribution in [3.05, 3.63) is 52.7 Å². The summed E-state index contributed by atoms with van der Waals surface area (Å²) in [4.78, 5) is 15.5. The monoisotopic (exact) mass is 348 g/mol. The van der Waals surface area contributed by atoms with Crippen LogP contribution in [0, 0.1) is 0 Å². The zero-order valence-electron chi connectivity index (χ0n) is 11.8. The second kappa shape index (κ2) is 6.21. The Kier molecular flexibility index (Phi) is 4.67. The van der Waals surface area contributed by atoms with E-state index < -0.39 is 34.1 Å². The summed E-state index contributed by atoms with van der Waals surface area (Å²) in [7, 11) is 0. The van der Waals surface area contributed by atoms with Crippen LogP contribution in [0.2, 0.25) is 5.15 Å². The Morgan fingerprint density at radius 3 is 2.70 bits per heavy atom. The maximum atomic E-state index is 12.7. The summed E-state index contributed by atoms with van der Waals surface area (Å²) in [5, 5.41) is 12.0. The molecule has 124 valence electrons. The molecule has 0 aliphatic rings. The van der Waals surface area contributed by atoms with Crippen molar-refractivity contribution in [2.45, 2.75) is 18.7 Å². The van der Waals surface area contributed by atoms with Crippen LogP contribution >= 0.6 is 11.6 Å². The van der Waals surface area contributed by atoms with E-state index in [9.17, 15) is 23.1 Å². The van der Waals surface area contributed by atoms with Gasteiger partial charge in [-0.25, -0.2) is 4.98 Å². The van der Waals surface area contributed by atoms with Gasteiger partial charge in [0.05, 0.1) is 18.4 Å². The molecule has 0 aliphatic heterocycles. The van der Waals surface area contributed by atoms with E-state index in [0.29, 0.717) is 12.1 Å². The summed E-state index contributed by atoms with van der Waals surface area (Å²) in [5.74, 6) is -0.697. The van der Waals surface area contributed by atoms with E-state index in [1.54, 1.807) is 6.07 Å². The van der Waals surface area contributed by atoms with Crippen molar-refractivity contribution in [1.82, 2.24) is 10.3 Å². The van der Waals surface area contributed by atoms with Gasteiger partial charge in [-0.05, 0) is 31.2 Å². The molecule has 0 fully saturated rings. The lowest BCUT2D eigenvalue weighted by Gasteiger charge is -2.21. The van der Waals surface area contributed by atoms with Crippen LogP contribution in [-0.2, 0) is 11.8 Å². The average molecular weight is 349 g/mol. The Hall–Kier alpha value is -2.06. The largest absolute Gasteiger partial charge is 0.466 e. The smallest absolute Gasteiger partial charge is 0.416 e. The van der Waals surface area contributed by atoms with E-state index in [4.69, 9.17) is 16.0 Å². The number of hydrogen-bond donors (Lipinski definition) is 2. The van der Waals surface area contributed by atoms with E-state index in [1.165, 1.54) is 19.3 Å². The highest BCUT2D eigenvalue weighted by Crippen LogP contribution is 2.31. The standard InChI is InChI=1S/C14H12ClF3N2O3/c1-13(22,10-3-2-4-23-10)7-19-12(21)9-5-8(14(16,17)18)6-11(15)20-9/h2-6,22H,7H2,1H3,(H,19,21)/t13-/m1/s1. The fraction of sp³-hybridized carbons (Fsp3) is 0.286. The first-order chi connectivity index (χ1) is 10.6. The number of rotatable bonds is 4. The minimum absolute atomic E-state index is 0.202. The maximum absolute atomic E-state index is 12.7. The lowest BCUT2D eigenvalue weighted by molar-refractivity contribution is -0.137. The average Bonchev–Trinajstić information content (AvgIpc) is 2.98. The molecule has 0 bridgehead atoms. The molecule has 5 nitrogen and oxygen atoms in total. The van der Waals surface area contributed by atoms with Gasteiger partial charge in [0.1, 0.15) is 22.2 Å². The Morgan fingerprint density at radius 1 is 1.43 bits per heavy atom. The first-order valence-corrected chi connectivity index (χ1v) is 6.77. The second-order valence-electron chi connectivity index (χ2n) is 5.00. The number of amides is 1. The van der Waals surface area contributed by atoms with Gasteiger partial charge in [-0.1, -0.05) is 11.6 Å². The molecule has 2 heterocycles. The van der Waals surface area contributed by atoms with Gasteiger partial charge < -0.3 is 14.8 Å². The van der Waals surface area contributed by atoms with Gasteiger partial charge in [-0.15, -0.1) is 0 Å². The number of aromatic nitrogens is 1. The van der Waals surface area contributed by atoms with Gasteiger partial charge in [0.2, 0.25) is 0 Å². The fourth-order valence-corrected chi connectivity index (χ4v) is 2.00. The Labute approximate surface area is 134 Å². The number of nitrogens with zero attached hydrogens (tertiary/aromatic N) is 1. The highest BCUT2D eigenvalue weighted by atomic mass is 35.5. The number of nitrogens with one attached hydrogen (secondary N) is 1. The van der Waals surface area contributed by atoms with Gasteiger partial charge in [0.15, 0.2) is 0 Å². The maximum Gasteiger partial charge on any atom is 0.416 e. The van der Waals surface area contributed by atoms with Crippen molar-refractivity contribution in [3.8, 4) is 0 Å². The van der Waals surface area contributed by atoms with Crippen molar-refractivity contribution in [1.29, 1.82) is 0 Å². The summed E-state index contributed by atoms with van der Waals surface area (Å²) >= 11 is 5.52. The van der Waals surface area contributed by atoms with Crippen molar-refractivity contribution >= 4 is 17.5 Å². The third-order valence-corrected chi connectivity index (χ3v) is 3.19. The Bertz CT molecular complexity index is 700. The van der Waals surface area contributed by atoms with E-state index >= 15 is 0 Å². The minimum Gasteiger partial charge on any atom is -0.466 e. The van der Waals surface area contributed by atoms with Crippen LogP contribution in [0.4, 0.5) is 13.2 Å². The van der Waals surface area contributed by atoms with E-state index in [-0.39, 0.29) is 12.3 Å². The zero-order chi connectivity index (χ0) is 17.3. The quantitative estimate of drug-likeness (QED) is 0.833. The second-order valence-corrected chi connectivity index (χ2v) is 5.38. The predicted molar refractivity (Wildman–Crippen MR) is 74.9 cm³/mol. The molecular weight excluding hydrogens is 337 g/mol. The summed E-state index contributed by atoms with van der Waals surface area (Å²) in [5.41, 5.74) is -3.11. The van der Waals surface area contributed by atoms with Crippen LogP contribution in [0.3, 0.4) is 0 Å². The zero-order valence-corrected chi connectivity index (χ0v) is 12.6. The number of furan rings is 1. The van der Waals surface area contributed by atoms with Crippen molar-refractivity contribution < 1.29 is 27.5 Å². The SMILES string of the molecule is C[C@@](O)(CNC(=O)c1cc(C(F)(F)F)cc(Cl)n1)c1ccco1. The summed E-state index contributed by atoms with van der Waals surface area (Å²) in [6.45, 7) is 1.10. The number of hydrogen-bond acceptors (Lipinski definition) is 4. The highest BCUT2D eigenvalue weighted by Gasteiger charge is 2.33. The molecule has 2 aromatic rings. The molecule has 0 aliphatic carbocycles. The van der Waals surface area contributed by atoms with Gasteiger partial charge in [-0.2, -0.15) is 13.2 Å². The number of aliphatic hydroxyl groups is 1. The molecule has 1 atom stereocenters. The molecule has 1 amide bonds. The number of alkyl halides is 3. The molecule has 0 aromatic carbocycles. The first kappa shape index (κ1) is 17.3. The van der Waals surface area contributed by atoms with Gasteiger partial charge in [0.25, 0.3) is 5.91 Å². The van der Waals surface area contributed by atoms with Crippen LogP contribution in [0.25, 0.3) is 0 Å². The number of halogens is 4. The fourth-order valence-electron chi connectivity index (χ4n) is 1.79. The van der Waals surface area contributed by atoms with Gasteiger partial charge in [0, 0.05) is 0 Å². The Balaban J connectivity index is 2.14. The normalized spacial score (nSPS) is 14.3. The van der Waals surface area contributed by atoms with Crippen molar-refractivity contribution in [2.75, 3.05) is 6.54 Å². The van der Waals surface area contributed by atoms with Gasteiger partial charge in [-0.3, -0.25) is 4.79 Å². The van der Waals surface area contributed by atoms with Crippen molar-refractivity contribution in [3.63, 3.8) is 0 Å². The molecule has 0 radical (unpaired) electrons. The van der Waals surface area contributed by atoms with Crippen LogP contribution in [0.5, 0.6) is 0 Å². The molecule has 9 heteroatoms. The van der Waals surface area contributed by atoms with Crippen LogP contribution in [0.1, 0.15) is 28.7 Å².